The molecule has 1 radical (unpaired) electrons. The van der Waals surface area contributed by atoms with Crippen LogP contribution in [0.1, 0.15) is 26.7 Å². The molecule has 2 unspecified atom stereocenters. The Morgan fingerprint density at radius 3 is 2.91 bits per heavy atom. The number of hydrogen-bond donors (Lipinski definition) is 0. The molecule has 1 saturated heterocycles. The fourth-order valence-electron chi connectivity index (χ4n) is 1.89. The normalized spacial score (nSPS) is 27.8. The number of hydrogen-bond acceptors (Lipinski definition) is 1. The second-order valence-corrected chi connectivity index (χ2v) is 4.11. The first-order valence-electron chi connectivity index (χ1n) is 4.74. The molecular formula is C10H20N. The third-order valence-corrected chi connectivity index (χ3v) is 2.31. The third kappa shape index (κ3) is 3.24. The molecule has 0 N–H and O–H groups in total. The highest BCUT2D eigenvalue weighted by molar-refractivity contribution is 4.72. The first-order valence-corrected chi connectivity index (χ1v) is 4.74. The average Bonchev–Trinajstić information content (AvgIpc) is 1.85. The number of likely N-dealkylation sites (tertiary alicyclic amines) is 1. The Hall–Kier alpha value is -0.0400. The van der Waals surface area contributed by atoms with Crippen molar-refractivity contribution in [3.8, 4) is 0 Å². The van der Waals surface area contributed by atoms with E-state index in [-0.39, 0.29) is 0 Å². The monoisotopic (exact) mass is 154 g/mol. The fraction of sp³-hybridized carbons (Fsp3) is 0.900. The fourth-order valence-corrected chi connectivity index (χ4v) is 1.89. The van der Waals surface area contributed by atoms with E-state index in [0.29, 0.717) is 5.92 Å². The molecule has 1 fully saturated rings. The Bertz CT molecular complexity index is 107. The van der Waals surface area contributed by atoms with Crippen molar-refractivity contribution >= 4 is 0 Å². The van der Waals surface area contributed by atoms with Gasteiger partial charge in [-0.1, -0.05) is 13.8 Å². The second kappa shape index (κ2) is 4.10. The van der Waals surface area contributed by atoms with Gasteiger partial charge in [-0.2, -0.15) is 0 Å². The van der Waals surface area contributed by atoms with E-state index in [2.05, 4.69) is 25.7 Å². The quantitative estimate of drug-likeness (QED) is 0.589. The van der Waals surface area contributed by atoms with Gasteiger partial charge in [-0.3, -0.25) is 0 Å². The third-order valence-electron chi connectivity index (χ3n) is 2.31. The zero-order valence-corrected chi connectivity index (χ0v) is 7.84. The number of rotatable bonds is 2. The minimum Gasteiger partial charge on any atom is -0.303 e. The van der Waals surface area contributed by atoms with Crippen molar-refractivity contribution < 1.29 is 0 Å². The zero-order chi connectivity index (χ0) is 8.27. The Kier molecular flexibility index (Phi) is 3.38. The molecule has 1 heteroatoms. The molecule has 65 valence electrons. The van der Waals surface area contributed by atoms with Gasteiger partial charge < -0.3 is 4.90 Å². The summed E-state index contributed by atoms with van der Waals surface area (Å²) in [6.07, 6.45) is 2.80. The van der Waals surface area contributed by atoms with Gasteiger partial charge in [0.1, 0.15) is 0 Å². The van der Waals surface area contributed by atoms with Crippen molar-refractivity contribution in [2.75, 3.05) is 19.6 Å². The molecule has 0 spiro atoms. The highest BCUT2D eigenvalue weighted by Crippen LogP contribution is 2.15. The number of piperidine rings is 1. The molecule has 0 aromatic carbocycles. The van der Waals surface area contributed by atoms with Crippen LogP contribution in [0.15, 0.2) is 0 Å². The Balaban J connectivity index is 2.23. The highest BCUT2D eigenvalue weighted by Gasteiger charge is 2.16. The van der Waals surface area contributed by atoms with Crippen LogP contribution in [0.25, 0.3) is 0 Å². The van der Waals surface area contributed by atoms with Crippen LogP contribution in [0, 0.1) is 18.8 Å². The van der Waals surface area contributed by atoms with Crippen LogP contribution in [0.2, 0.25) is 0 Å². The van der Waals surface area contributed by atoms with Crippen LogP contribution in [0.3, 0.4) is 0 Å². The Morgan fingerprint density at radius 1 is 1.64 bits per heavy atom. The van der Waals surface area contributed by atoms with Crippen LogP contribution >= 0.6 is 0 Å². The summed E-state index contributed by atoms with van der Waals surface area (Å²) in [4.78, 5) is 2.55. The van der Waals surface area contributed by atoms with Crippen molar-refractivity contribution in [1.29, 1.82) is 0 Å². The average molecular weight is 154 g/mol. The standard InChI is InChI=1S/C10H20N/c1-9(2)7-11-6-4-5-10(3)8-11/h9-10H,1,4-8H2,2-3H3. The lowest BCUT2D eigenvalue weighted by atomic mass is 9.99. The van der Waals surface area contributed by atoms with E-state index >= 15 is 0 Å². The smallest absolute Gasteiger partial charge is 0.000714 e. The van der Waals surface area contributed by atoms with Gasteiger partial charge in [0.15, 0.2) is 0 Å². The molecule has 11 heavy (non-hydrogen) atoms. The van der Waals surface area contributed by atoms with Crippen LogP contribution in [0.5, 0.6) is 0 Å². The summed E-state index contributed by atoms with van der Waals surface area (Å²) in [6.45, 7) is 12.3. The van der Waals surface area contributed by atoms with Crippen molar-refractivity contribution in [1.82, 2.24) is 4.90 Å². The first-order chi connectivity index (χ1) is 5.18. The second-order valence-electron chi connectivity index (χ2n) is 4.11. The molecule has 1 rings (SSSR count). The van der Waals surface area contributed by atoms with Gasteiger partial charge in [-0.05, 0) is 38.1 Å². The molecule has 1 aliphatic heterocycles. The lowest BCUT2D eigenvalue weighted by Gasteiger charge is -2.31. The molecule has 0 amide bonds. The summed E-state index contributed by atoms with van der Waals surface area (Å²) in [6, 6.07) is 0. The zero-order valence-electron chi connectivity index (χ0n) is 7.84. The Morgan fingerprint density at radius 2 is 2.36 bits per heavy atom. The van der Waals surface area contributed by atoms with E-state index in [1.54, 1.807) is 0 Å². The van der Waals surface area contributed by atoms with Crippen molar-refractivity contribution in [2.45, 2.75) is 26.7 Å². The van der Waals surface area contributed by atoms with Crippen LogP contribution in [0.4, 0.5) is 0 Å². The maximum Gasteiger partial charge on any atom is 0.000714 e. The van der Waals surface area contributed by atoms with Gasteiger partial charge in [-0.15, -0.1) is 0 Å². The summed E-state index contributed by atoms with van der Waals surface area (Å²) in [7, 11) is 0. The minimum atomic E-state index is 0.584. The maximum atomic E-state index is 4.02. The summed E-state index contributed by atoms with van der Waals surface area (Å²) in [5.74, 6) is 1.49. The van der Waals surface area contributed by atoms with Gasteiger partial charge in [0.05, 0.1) is 0 Å². The summed E-state index contributed by atoms with van der Waals surface area (Å²) < 4.78 is 0. The molecule has 1 heterocycles. The molecule has 0 bridgehead atoms. The van der Waals surface area contributed by atoms with Crippen LogP contribution < -0.4 is 0 Å². The first kappa shape index (κ1) is 9.05. The van der Waals surface area contributed by atoms with E-state index in [1.165, 1.54) is 32.5 Å². The minimum absolute atomic E-state index is 0.584. The lowest BCUT2D eigenvalue weighted by Crippen LogP contribution is -2.36. The molecule has 0 aromatic rings. The van der Waals surface area contributed by atoms with Gasteiger partial charge in [0, 0.05) is 13.1 Å². The molecule has 0 aliphatic carbocycles. The molecule has 1 nitrogen and oxygen atoms in total. The topological polar surface area (TPSA) is 3.24 Å². The molecule has 0 saturated carbocycles. The maximum absolute atomic E-state index is 4.02. The van der Waals surface area contributed by atoms with E-state index in [1.807, 2.05) is 0 Å². The van der Waals surface area contributed by atoms with E-state index < -0.39 is 0 Å². The van der Waals surface area contributed by atoms with Crippen LogP contribution in [-0.2, 0) is 0 Å². The summed E-state index contributed by atoms with van der Waals surface area (Å²) >= 11 is 0. The van der Waals surface area contributed by atoms with E-state index in [4.69, 9.17) is 0 Å². The molecule has 0 aromatic heterocycles. The summed E-state index contributed by atoms with van der Waals surface area (Å²) in [5, 5.41) is 0. The van der Waals surface area contributed by atoms with Gasteiger partial charge in [0.2, 0.25) is 0 Å². The summed E-state index contributed by atoms with van der Waals surface area (Å²) in [5.41, 5.74) is 0. The number of nitrogens with zero attached hydrogens (tertiary/aromatic N) is 1. The van der Waals surface area contributed by atoms with Gasteiger partial charge in [-0.25, -0.2) is 0 Å². The van der Waals surface area contributed by atoms with Gasteiger partial charge in [0.25, 0.3) is 0 Å². The van der Waals surface area contributed by atoms with Gasteiger partial charge >= 0.3 is 0 Å². The van der Waals surface area contributed by atoms with Crippen molar-refractivity contribution in [3.63, 3.8) is 0 Å². The SMILES string of the molecule is [CH2]C(C)CN1CCCC(C)C1. The van der Waals surface area contributed by atoms with Crippen molar-refractivity contribution in [2.24, 2.45) is 11.8 Å². The van der Waals surface area contributed by atoms with Crippen molar-refractivity contribution in [3.05, 3.63) is 6.92 Å². The largest absolute Gasteiger partial charge is 0.303 e. The molecule has 2 atom stereocenters. The van der Waals surface area contributed by atoms with E-state index in [9.17, 15) is 0 Å². The highest BCUT2D eigenvalue weighted by atomic mass is 15.1. The van der Waals surface area contributed by atoms with E-state index in [0.717, 1.165) is 5.92 Å². The molecular weight excluding hydrogens is 134 g/mol. The molecule has 1 aliphatic rings. The Labute approximate surface area is 70.8 Å². The lowest BCUT2D eigenvalue weighted by molar-refractivity contribution is 0.171. The van der Waals surface area contributed by atoms with Crippen LogP contribution in [-0.4, -0.2) is 24.5 Å². The predicted molar refractivity (Wildman–Crippen MR) is 49.4 cm³/mol. The predicted octanol–water partition coefficient (Wildman–Crippen LogP) is 2.19.